The third-order valence-corrected chi connectivity index (χ3v) is 6.84. The zero-order valence-corrected chi connectivity index (χ0v) is 20.6. The molecular weight excluding hydrogens is 432 g/mol. The molecular formula is C26H38N4O4. The number of benzene rings is 1. The van der Waals surface area contributed by atoms with Crippen LogP contribution < -0.4 is 15.0 Å². The van der Waals surface area contributed by atoms with E-state index < -0.39 is 11.7 Å². The van der Waals surface area contributed by atoms with E-state index in [1.165, 1.54) is 0 Å². The predicted molar refractivity (Wildman–Crippen MR) is 132 cm³/mol. The average Bonchev–Trinajstić information content (AvgIpc) is 3.33. The van der Waals surface area contributed by atoms with Gasteiger partial charge in [-0.25, -0.2) is 9.97 Å². The van der Waals surface area contributed by atoms with Gasteiger partial charge in [0.2, 0.25) is 0 Å². The number of nitrogens with one attached hydrogen (secondary N) is 1. The summed E-state index contributed by atoms with van der Waals surface area (Å²) in [5, 5.41) is 23.3. The first kappa shape index (κ1) is 24.9. The summed E-state index contributed by atoms with van der Waals surface area (Å²) < 4.78 is 11.4. The van der Waals surface area contributed by atoms with Crippen LogP contribution in [0.25, 0.3) is 11.4 Å². The van der Waals surface area contributed by atoms with Gasteiger partial charge in [0.15, 0.2) is 5.82 Å². The molecule has 0 amide bonds. The van der Waals surface area contributed by atoms with Crippen LogP contribution in [-0.4, -0.2) is 78.4 Å². The van der Waals surface area contributed by atoms with Gasteiger partial charge in [-0.15, -0.1) is 0 Å². The van der Waals surface area contributed by atoms with Crippen LogP contribution in [0.4, 0.5) is 5.82 Å². The maximum absolute atomic E-state index is 10.4. The number of ether oxygens (including phenoxy) is 2. The minimum absolute atomic E-state index is 0.213. The molecule has 4 rings (SSSR count). The topological polar surface area (TPSA) is 100.0 Å². The number of aromatic nitrogens is 2. The van der Waals surface area contributed by atoms with Gasteiger partial charge >= 0.3 is 0 Å². The van der Waals surface area contributed by atoms with Gasteiger partial charge in [-0.05, 0) is 64.6 Å². The van der Waals surface area contributed by atoms with Crippen molar-refractivity contribution in [1.29, 1.82) is 0 Å². The third kappa shape index (κ3) is 6.24. The molecule has 0 saturated carbocycles. The second-order valence-electron chi connectivity index (χ2n) is 9.91. The first-order chi connectivity index (χ1) is 16.3. The lowest BCUT2D eigenvalue weighted by atomic mass is 9.93. The van der Waals surface area contributed by atoms with Crippen molar-refractivity contribution in [3.8, 4) is 17.1 Å². The standard InChI is InChI=1S/C26H38N4O4/c1-18-23(13-19-7-12-33-16-19)28-24(29-25(18)30-10-8-26(2,32)9-11-30)20-5-4-6-22(14-20)34-17-21(31)15-27-3/h4-6,14,19,21,27,31-32H,7-13,15-17H2,1-3H3/t19-,21?/m0/s1. The van der Waals surface area contributed by atoms with Crippen molar-refractivity contribution >= 4 is 5.82 Å². The van der Waals surface area contributed by atoms with E-state index in [1.807, 2.05) is 31.2 Å². The molecule has 2 aliphatic rings. The van der Waals surface area contributed by atoms with Crippen LogP contribution in [0.1, 0.15) is 37.4 Å². The molecule has 2 saturated heterocycles. The van der Waals surface area contributed by atoms with Crippen LogP contribution >= 0.6 is 0 Å². The van der Waals surface area contributed by atoms with Crippen LogP contribution in [-0.2, 0) is 11.2 Å². The van der Waals surface area contributed by atoms with E-state index in [9.17, 15) is 10.2 Å². The average molecular weight is 471 g/mol. The van der Waals surface area contributed by atoms with E-state index >= 15 is 0 Å². The van der Waals surface area contributed by atoms with E-state index in [0.29, 0.717) is 24.0 Å². The summed E-state index contributed by atoms with van der Waals surface area (Å²) in [4.78, 5) is 12.3. The summed E-state index contributed by atoms with van der Waals surface area (Å²) in [6, 6.07) is 7.74. The highest BCUT2D eigenvalue weighted by Gasteiger charge is 2.30. The third-order valence-electron chi connectivity index (χ3n) is 6.84. The largest absolute Gasteiger partial charge is 0.491 e. The summed E-state index contributed by atoms with van der Waals surface area (Å²) in [6.07, 6.45) is 2.78. The van der Waals surface area contributed by atoms with Crippen LogP contribution in [0.3, 0.4) is 0 Å². The fraction of sp³-hybridized carbons (Fsp3) is 0.615. The summed E-state index contributed by atoms with van der Waals surface area (Å²) in [5.74, 6) is 2.77. The van der Waals surface area contributed by atoms with Gasteiger partial charge in [-0.3, -0.25) is 0 Å². The highest BCUT2D eigenvalue weighted by molar-refractivity contribution is 5.62. The van der Waals surface area contributed by atoms with Gasteiger partial charge in [0.05, 0.1) is 5.60 Å². The Kier molecular flexibility index (Phi) is 8.03. The van der Waals surface area contributed by atoms with Gasteiger partial charge in [0.25, 0.3) is 0 Å². The molecule has 186 valence electrons. The van der Waals surface area contributed by atoms with Crippen molar-refractivity contribution in [2.45, 2.75) is 51.2 Å². The van der Waals surface area contributed by atoms with E-state index in [1.54, 1.807) is 7.05 Å². The molecule has 2 fully saturated rings. The number of nitrogens with zero attached hydrogens (tertiary/aromatic N) is 3. The SMILES string of the molecule is CNCC(O)COc1cccc(-c2nc(C[C@@H]3CCOC3)c(C)c(N3CCC(C)(O)CC3)n2)c1. The monoisotopic (exact) mass is 470 g/mol. The molecule has 2 aromatic rings. The van der Waals surface area contributed by atoms with E-state index in [0.717, 1.165) is 74.6 Å². The van der Waals surface area contributed by atoms with Crippen molar-refractivity contribution in [3.63, 3.8) is 0 Å². The number of aliphatic hydroxyl groups excluding tert-OH is 1. The fourth-order valence-corrected chi connectivity index (χ4v) is 4.62. The number of likely N-dealkylation sites (N-methyl/N-ethyl adjacent to an activating group) is 1. The zero-order chi connectivity index (χ0) is 24.1. The van der Waals surface area contributed by atoms with Crippen molar-refractivity contribution in [2.75, 3.05) is 51.4 Å². The Morgan fingerprint density at radius 2 is 2.09 bits per heavy atom. The number of hydrogen-bond donors (Lipinski definition) is 3. The molecule has 1 aromatic carbocycles. The second-order valence-corrected chi connectivity index (χ2v) is 9.91. The molecule has 8 heteroatoms. The Morgan fingerprint density at radius 3 is 2.79 bits per heavy atom. The molecule has 0 spiro atoms. The number of rotatable bonds is 9. The van der Waals surface area contributed by atoms with Crippen molar-refractivity contribution in [1.82, 2.24) is 15.3 Å². The lowest BCUT2D eigenvalue weighted by molar-refractivity contribution is 0.0350. The number of hydrogen-bond acceptors (Lipinski definition) is 8. The van der Waals surface area contributed by atoms with Gasteiger partial charge in [0.1, 0.15) is 24.3 Å². The first-order valence-electron chi connectivity index (χ1n) is 12.3. The Hall–Kier alpha value is -2.26. The molecule has 34 heavy (non-hydrogen) atoms. The Bertz CT molecular complexity index is 952. The fourth-order valence-electron chi connectivity index (χ4n) is 4.62. The molecule has 1 unspecified atom stereocenters. The Labute approximate surface area is 202 Å². The highest BCUT2D eigenvalue weighted by Crippen LogP contribution is 2.32. The number of aliphatic hydroxyl groups is 2. The van der Waals surface area contributed by atoms with Crippen LogP contribution in [0.2, 0.25) is 0 Å². The van der Waals surface area contributed by atoms with E-state index in [-0.39, 0.29) is 6.61 Å². The molecule has 0 radical (unpaired) electrons. The highest BCUT2D eigenvalue weighted by atomic mass is 16.5. The van der Waals surface area contributed by atoms with Gasteiger partial charge < -0.3 is 29.9 Å². The molecule has 8 nitrogen and oxygen atoms in total. The maximum atomic E-state index is 10.4. The maximum Gasteiger partial charge on any atom is 0.161 e. The normalized spacial score (nSPS) is 21.0. The minimum atomic E-state index is -0.617. The summed E-state index contributed by atoms with van der Waals surface area (Å²) in [5.41, 5.74) is 2.44. The first-order valence-corrected chi connectivity index (χ1v) is 12.3. The van der Waals surface area contributed by atoms with Crippen LogP contribution in [0.15, 0.2) is 24.3 Å². The van der Waals surface area contributed by atoms with Crippen molar-refractivity contribution in [3.05, 3.63) is 35.5 Å². The van der Waals surface area contributed by atoms with Crippen molar-refractivity contribution < 1.29 is 19.7 Å². The predicted octanol–water partition coefficient (Wildman–Crippen LogP) is 2.34. The summed E-state index contributed by atoms with van der Waals surface area (Å²) in [6.45, 7) is 7.83. The van der Waals surface area contributed by atoms with Crippen molar-refractivity contribution in [2.24, 2.45) is 5.92 Å². The van der Waals surface area contributed by atoms with Crippen LogP contribution in [0, 0.1) is 12.8 Å². The second kappa shape index (κ2) is 11.0. The zero-order valence-electron chi connectivity index (χ0n) is 20.6. The van der Waals surface area contributed by atoms with E-state index in [4.69, 9.17) is 19.4 Å². The molecule has 2 aliphatic heterocycles. The Balaban J connectivity index is 1.63. The van der Waals surface area contributed by atoms with Gasteiger partial charge in [0, 0.05) is 49.7 Å². The molecule has 3 heterocycles. The molecule has 3 N–H and O–H groups in total. The smallest absolute Gasteiger partial charge is 0.161 e. The molecule has 0 aliphatic carbocycles. The minimum Gasteiger partial charge on any atom is -0.491 e. The van der Waals surface area contributed by atoms with Gasteiger partial charge in [-0.1, -0.05) is 12.1 Å². The molecule has 1 aromatic heterocycles. The summed E-state index contributed by atoms with van der Waals surface area (Å²) in [7, 11) is 1.80. The lowest BCUT2D eigenvalue weighted by Crippen LogP contribution is -2.43. The van der Waals surface area contributed by atoms with Crippen LogP contribution in [0.5, 0.6) is 5.75 Å². The number of anilines is 1. The van der Waals surface area contributed by atoms with E-state index in [2.05, 4.69) is 17.1 Å². The summed E-state index contributed by atoms with van der Waals surface area (Å²) >= 11 is 0. The quantitative estimate of drug-likeness (QED) is 0.514. The Morgan fingerprint density at radius 1 is 1.29 bits per heavy atom. The molecule has 2 atom stereocenters. The molecule has 0 bridgehead atoms. The number of piperidine rings is 1. The lowest BCUT2D eigenvalue weighted by Gasteiger charge is -2.37. The van der Waals surface area contributed by atoms with Gasteiger partial charge in [-0.2, -0.15) is 0 Å².